The monoisotopic (exact) mass is 295 g/mol. The molecule has 1 aliphatic carbocycles. The molecule has 2 fully saturated rings. The van der Waals surface area contributed by atoms with Gasteiger partial charge in [0, 0.05) is 6.54 Å². The van der Waals surface area contributed by atoms with Crippen LogP contribution >= 0.6 is 0 Å². The Bertz CT molecular complexity index is 613. The lowest BCUT2D eigenvalue weighted by molar-refractivity contribution is 0.137. The molecule has 0 radical (unpaired) electrons. The van der Waals surface area contributed by atoms with Crippen LogP contribution in [0.2, 0.25) is 0 Å². The van der Waals surface area contributed by atoms with Crippen molar-refractivity contribution in [3.05, 3.63) is 29.8 Å². The fourth-order valence-corrected chi connectivity index (χ4v) is 5.37. The molecule has 1 heterocycles. The fraction of sp³-hybridized carbons (Fsp3) is 0.600. The SMILES string of the molecule is CCc1cccc(S(=O)(=O)N2CCC[C@@H]3C[C@@]32CO)c1. The van der Waals surface area contributed by atoms with Crippen LogP contribution in [0.5, 0.6) is 0 Å². The van der Waals surface area contributed by atoms with Gasteiger partial charge in [0.2, 0.25) is 10.0 Å². The van der Waals surface area contributed by atoms with E-state index in [-0.39, 0.29) is 6.61 Å². The van der Waals surface area contributed by atoms with Crippen LogP contribution in [-0.4, -0.2) is 36.5 Å². The van der Waals surface area contributed by atoms with Crippen molar-refractivity contribution in [1.82, 2.24) is 4.31 Å². The van der Waals surface area contributed by atoms with Crippen molar-refractivity contribution in [2.24, 2.45) is 5.92 Å². The molecule has 1 saturated carbocycles. The van der Waals surface area contributed by atoms with E-state index in [1.54, 1.807) is 22.5 Å². The topological polar surface area (TPSA) is 57.6 Å². The van der Waals surface area contributed by atoms with Crippen molar-refractivity contribution in [3.8, 4) is 0 Å². The van der Waals surface area contributed by atoms with Crippen molar-refractivity contribution in [1.29, 1.82) is 0 Å². The van der Waals surface area contributed by atoms with Crippen molar-refractivity contribution in [3.63, 3.8) is 0 Å². The predicted molar refractivity (Wildman–Crippen MR) is 76.9 cm³/mol. The number of aliphatic hydroxyl groups excluding tert-OH is 1. The third-order valence-corrected chi connectivity index (χ3v) is 6.75. The van der Waals surface area contributed by atoms with E-state index in [2.05, 4.69) is 0 Å². The zero-order valence-electron chi connectivity index (χ0n) is 11.7. The van der Waals surface area contributed by atoms with E-state index in [0.29, 0.717) is 17.4 Å². The average Bonchev–Trinajstić information content (AvgIpc) is 3.22. The summed E-state index contributed by atoms with van der Waals surface area (Å²) in [7, 11) is -3.50. The Morgan fingerprint density at radius 2 is 2.25 bits per heavy atom. The number of hydrogen-bond donors (Lipinski definition) is 1. The molecule has 0 aromatic heterocycles. The van der Waals surface area contributed by atoms with Gasteiger partial charge in [-0.3, -0.25) is 0 Å². The van der Waals surface area contributed by atoms with E-state index in [1.165, 1.54) is 0 Å². The summed E-state index contributed by atoms with van der Waals surface area (Å²) in [5.41, 5.74) is 0.507. The van der Waals surface area contributed by atoms with Crippen molar-refractivity contribution in [2.45, 2.75) is 43.0 Å². The normalized spacial score (nSPS) is 30.0. The molecule has 0 spiro atoms. The smallest absolute Gasteiger partial charge is 0.243 e. The molecule has 20 heavy (non-hydrogen) atoms. The van der Waals surface area contributed by atoms with Gasteiger partial charge in [0.1, 0.15) is 0 Å². The lowest BCUT2D eigenvalue weighted by atomic mass is 10.1. The quantitative estimate of drug-likeness (QED) is 0.921. The minimum atomic E-state index is -3.50. The first-order chi connectivity index (χ1) is 9.54. The summed E-state index contributed by atoms with van der Waals surface area (Å²) in [6, 6.07) is 7.15. The Balaban J connectivity index is 1.99. The molecule has 110 valence electrons. The maximum Gasteiger partial charge on any atom is 0.243 e. The second kappa shape index (κ2) is 4.83. The van der Waals surface area contributed by atoms with Gasteiger partial charge in [-0.2, -0.15) is 4.31 Å². The number of benzene rings is 1. The van der Waals surface area contributed by atoms with Crippen LogP contribution in [0, 0.1) is 5.92 Å². The van der Waals surface area contributed by atoms with Crippen LogP contribution < -0.4 is 0 Å². The number of nitrogens with zero attached hydrogens (tertiary/aromatic N) is 1. The van der Waals surface area contributed by atoms with Crippen molar-refractivity contribution < 1.29 is 13.5 Å². The molecule has 0 bridgehead atoms. The molecule has 0 unspecified atom stereocenters. The zero-order valence-corrected chi connectivity index (χ0v) is 12.6. The maximum atomic E-state index is 12.9. The molecule has 2 aliphatic rings. The zero-order chi connectivity index (χ0) is 14.4. The van der Waals surface area contributed by atoms with E-state index in [1.807, 2.05) is 13.0 Å². The highest BCUT2D eigenvalue weighted by Crippen LogP contribution is 2.55. The average molecular weight is 295 g/mol. The summed E-state index contributed by atoms with van der Waals surface area (Å²) < 4.78 is 27.3. The van der Waals surface area contributed by atoms with Crippen molar-refractivity contribution >= 4 is 10.0 Å². The molecule has 3 rings (SSSR count). The lowest BCUT2D eigenvalue weighted by Gasteiger charge is -2.34. The Morgan fingerprint density at radius 3 is 2.95 bits per heavy atom. The number of aryl methyl sites for hydroxylation is 1. The van der Waals surface area contributed by atoms with Crippen LogP contribution in [0.3, 0.4) is 0 Å². The summed E-state index contributed by atoms with van der Waals surface area (Å²) >= 11 is 0. The van der Waals surface area contributed by atoms with Crippen LogP contribution in [0.4, 0.5) is 0 Å². The predicted octanol–water partition coefficient (Wildman–Crippen LogP) is 1.78. The number of sulfonamides is 1. The molecule has 4 nitrogen and oxygen atoms in total. The summed E-state index contributed by atoms with van der Waals surface area (Å²) in [5, 5.41) is 9.67. The Kier molecular flexibility index (Phi) is 3.39. The maximum absolute atomic E-state index is 12.9. The molecule has 5 heteroatoms. The van der Waals surface area contributed by atoms with Crippen molar-refractivity contribution in [2.75, 3.05) is 13.2 Å². The number of fused-ring (bicyclic) bond motifs is 1. The Hall–Kier alpha value is -0.910. The molecule has 1 saturated heterocycles. The first-order valence-corrected chi connectivity index (χ1v) is 8.71. The number of rotatable bonds is 4. The minimum absolute atomic E-state index is 0.0651. The van der Waals surface area contributed by atoms with E-state index < -0.39 is 15.6 Å². The molecule has 1 aliphatic heterocycles. The first kappa shape index (κ1) is 14.0. The first-order valence-electron chi connectivity index (χ1n) is 7.27. The summed E-state index contributed by atoms with van der Waals surface area (Å²) in [6.45, 7) is 2.47. The highest BCUT2D eigenvalue weighted by Gasteiger charge is 2.62. The molecule has 0 amide bonds. The van der Waals surface area contributed by atoms with Gasteiger partial charge in [0.15, 0.2) is 0 Å². The Labute approximate surface area is 120 Å². The summed E-state index contributed by atoms with van der Waals surface area (Å²) in [4.78, 5) is 0.359. The van der Waals surface area contributed by atoms with Gasteiger partial charge in [-0.05, 0) is 49.3 Å². The molecular weight excluding hydrogens is 274 g/mol. The van der Waals surface area contributed by atoms with Crippen LogP contribution in [0.25, 0.3) is 0 Å². The van der Waals surface area contributed by atoms with Gasteiger partial charge < -0.3 is 5.11 Å². The molecule has 1 aromatic rings. The summed E-state index contributed by atoms with van der Waals surface area (Å²) in [6.07, 6.45) is 3.54. The van der Waals surface area contributed by atoms with Crippen LogP contribution in [-0.2, 0) is 16.4 Å². The van der Waals surface area contributed by atoms with Gasteiger partial charge in [0.05, 0.1) is 17.0 Å². The van der Waals surface area contributed by atoms with E-state index in [9.17, 15) is 13.5 Å². The molecular formula is C15H21NO3S. The van der Waals surface area contributed by atoms with Crippen LogP contribution in [0.1, 0.15) is 31.7 Å². The Morgan fingerprint density at radius 1 is 1.45 bits per heavy atom. The van der Waals surface area contributed by atoms with Crippen LogP contribution in [0.15, 0.2) is 29.2 Å². The van der Waals surface area contributed by atoms with Gasteiger partial charge in [-0.1, -0.05) is 19.1 Å². The fourth-order valence-electron chi connectivity index (χ4n) is 3.43. The number of aliphatic hydroxyl groups is 1. The second-order valence-electron chi connectivity index (χ2n) is 5.88. The van der Waals surface area contributed by atoms with E-state index >= 15 is 0 Å². The van der Waals surface area contributed by atoms with E-state index in [0.717, 1.165) is 31.2 Å². The largest absolute Gasteiger partial charge is 0.394 e. The van der Waals surface area contributed by atoms with Gasteiger partial charge in [-0.25, -0.2) is 8.42 Å². The lowest BCUT2D eigenvalue weighted by Crippen LogP contribution is -2.48. The third kappa shape index (κ3) is 2.00. The molecule has 2 atom stereocenters. The minimum Gasteiger partial charge on any atom is -0.394 e. The van der Waals surface area contributed by atoms with Gasteiger partial charge >= 0.3 is 0 Å². The molecule has 1 N–H and O–H groups in total. The highest BCUT2D eigenvalue weighted by atomic mass is 32.2. The molecule has 1 aromatic carbocycles. The highest BCUT2D eigenvalue weighted by molar-refractivity contribution is 7.89. The third-order valence-electron chi connectivity index (χ3n) is 4.78. The van der Waals surface area contributed by atoms with E-state index in [4.69, 9.17) is 0 Å². The summed E-state index contributed by atoms with van der Waals surface area (Å²) in [5.74, 6) is 0.338. The number of piperidine rings is 1. The number of hydrogen-bond acceptors (Lipinski definition) is 3. The van der Waals surface area contributed by atoms with Gasteiger partial charge in [0.25, 0.3) is 0 Å². The van der Waals surface area contributed by atoms with Gasteiger partial charge in [-0.15, -0.1) is 0 Å². The standard InChI is InChI=1S/C15H21NO3S/c1-2-12-5-3-7-14(9-12)20(18,19)16-8-4-6-13-10-15(13,16)11-17/h3,5,7,9,13,17H,2,4,6,8,10-11H2,1H3/t13-,15-/m1/s1. The second-order valence-corrected chi connectivity index (χ2v) is 7.75.